The lowest BCUT2D eigenvalue weighted by molar-refractivity contribution is -0.120. The van der Waals surface area contributed by atoms with E-state index in [1.165, 1.54) is 16.0 Å². The minimum absolute atomic E-state index is 0.294. The molecule has 33 heavy (non-hydrogen) atoms. The molecule has 0 spiro atoms. The number of hydrogen-bond acceptors (Lipinski definition) is 3. The van der Waals surface area contributed by atoms with Crippen molar-refractivity contribution >= 4 is 34.7 Å². The Hall–Kier alpha value is -3.37. The third-order valence-electron chi connectivity index (χ3n) is 6.71. The van der Waals surface area contributed by atoms with Crippen molar-refractivity contribution in [3.05, 3.63) is 105 Å². The summed E-state index contributed by atoms with van der Waals surface area (Å²) in [7, 11) is 0. The number of nitrogens with zero attached hydrogens (tertiary/aromatic N) is 2. The molecule has 0 aliphatic carbocycles. The van der Waals surface area contributed by atoms with Gasteiger partial charge in [0.25, 0.3) is 11.8 Å². The lowest BCUT2D eigenvalue weighted by atomic mass is 9.96. The lowest BCUT2D eigenvalue weighted by Gasteiger charge is -2.31. The van der Waals surface area contributed by atoms with Crippen LogP contribution < -0.4 is 4.90 Å². The van der Waals surface area contributed by atoms with Gasteiger partial charge in [0.1, 0.15) is 5.70 Å². The van der Waals surface area contributed by atoms with Gasteiger partial charge in [-0.1, -0.05) is 60.1 Å². The first kappa shape index (κ1) is 21.5. The summed E-state index contributed by atoms with van der Waals surface area (Å²) in [5.74, 6) is -0.597. The Morgan fingerprint density at radius 2 is 1.52 bits per heavy atom. The standard InChI is InChI=1S/C28H25ClN2O2/c1-17-8-10-21(14-19(17)3)25-26(30-13-12-20-6-4-5-7-22(20)16-30)28(33)31(27(25)32)24-15-23(29)11-9-18(24)2/h4-11,14-15H,12-13,16H2,1-3H3. The Bertz CT molecular complexity index is 1340. The largest absolute Gasteiger partial charge is 0.362 e. The van der Waals surface area contributed by atoms with Crippen LogP contribution in [0.1, 0.15) is 33.4 Å². The van der Waals surface area contributed by atoms with E-state index in [-0.39, 0.29) is 11.8 Å². The Morgan fingerprint density at radius 1 is 0.788 bits per heavy atom. The highest BCUT2D eigenvalue weighted by molar-refractivity contribution is 6.45. The number of hydrogen-bond donors (Lipinski definition) is 0. The normalized spacial score (nSPS) is 16.0. The average molecular weight is 457 g/mol. The molecule has 2 heterocycles. The van der Waals surface area contributed by atoms with Crippen LogP contribution in [0.3, 0.4) is 0 Å². The molecule has 3 aromatic carbocycles. The van der Waals surface area contributed by atoms with E-state index in [1.807, 2.05) is 57.2 Å². The van der Waals surface area contributed by atoms with Crippen LogP contribution in [0.2, 0.25) is 5.02 Å². The molecule has 5 rings (SSSR count). The summed E-state index contributed by atoms with van der Waals surface area (Å²) in [4.78, 5) is 31.1. The topological polar surface area (TPSA) is 40.6 Å². The molecule has 2 aliphatic rings. The molecule has 0 unspecified atom stereocenters. The molecule has 0 aromatic heterocycles. The number of rotatable bonds is 3. The van der Waals surface area contributed by atoms with Gasteiger partial charge >= 0.3 is 0 Å². The Balaban J connectivity index is 1.66. The van der Waals surface area contributed by atoms with Gasteiger partial charge < -0.3 is 4.90 Å². The van der Waals surface area contributed by atoms with E-state index >= 15 is 0 Å². The summed E-state index contributed by atoms with van der Waals surface area (Å²) in [6.07, 6.45) is 0.831. The molecule has 3 aromatic rings. The summed E-state index contributed by atoms with van der Waals surface area (Å²) >= 11 is 6.25. The van der Waals surface area contributed by atoms with E-state index < -0.39 is 0 Å². The van der Waals surface area contributed by atoms with Crippen LogP contribution in [0.15, 0.2) is 66.4 Å². The van der Waals surface area contributed by atoms with Crippen molar-refractivity contribution in [1.29, 1.82) is 0 Å². The van der Waals surface area contributed by atoms with Gasteiger partial charge in [0.2, 0.25) is 0 Å². The highest BCUT2D eigenvalue weighted by Gasteiger charge is 2.43. The molecule has 0 bridgehead atoms. The van der Waals surface area contributed by atoms with Crippen molar-refractivity contribution in [3.8, 4) is 0 Å². The summed E-state index contributed by atoms with van der Waals surface area (Å²) in [6, 6.07) is 19.5. The van der Waals surface area contributed by atoms with Crippen LogP contribution in [0.4, 0.5) is 5.69 Å². The van der Waals surface area contributed by atoms with Gasteiger partial charge in [-0.2, -0.15) is 0 Å². The molecular formula is C28H25ClN2O2. The van der Waals surface area contributed by atoms with Crippen molar-refractivity contribution < 1.29 is 9.59 Å². The number of carbonyl (C=O) groups is 2. The molecule has 5 heteroatoms. The minimum atomic E-state index is -0.303. The van der Waals surface area contributed by atoms with E-state index in [4.69, 9.17) is 11.6 Å². The summed E-state index contributed by atoms with van der Waals surface area (Å²) < 4.78 is 0. The molecular weight excluding hydrogens is 432 g/mol. The van der Waals surface area contributed by atoms with Crippen LogP contribution in [0, 0.1) is 20.8 Å². The van der Waals surface area contributed by atoms with Crippen LogP contribution in [0.5, 0.6) is 0 Å². The maximum atomic E-state index is 13.9. The van der Waals surface area contributed by atoms with Crippen molar-refractivity contribution in [2.75, 3.05) is 11.4 Å². The fourth-order valence-corrected chi connectivity index (χ4v) is 4.86. The SMILES string of the molecule is Cc1ccc(C2=C(N3CCc4ccccc4C3)C(=O)N(c3cc(Cl)ccc3C)C2=O)cc1C. The van der Waals surface area contributed by atoms with Gasteiger partial charge in [-0.25, -0.2) is 4.90 Å². The highest BCUT2D eigenvalue weighted by atomic mass is 35.5. The minimum Gasteiger partial charge on any atom is -0.362 e. The first-order valence-corrected chi connectivity index (χ1v) is 11.5. The Labute approximate surface area is 199 Å². The lowest BCUT2D eigenvalue weighted by Crippen LogP contribution is -2.37. The van der Waals surface area contributed by atoms with E-state index in [0.29, 0.717) is 35.1 Å². The number of amides is 2. The molecule has 0 N–H and O–H groups in total. The molecule has 166 valence electrons. The van der Waals surface area contributed by atoms with Gasteiger partial charge in [-0.05, 0) is 72.7 Å². The van der Waals surface area contributed by atoms with Crippen LogP contribution in [-0.2, 0) is 22.6 Å². The molecule has 0 saturated carbocycles. The number of fused-ring (bicyclic) bond motifs is 1. The molecule has 2 aliphatic heterocycles. The third-order valence-corrected chi connectivity index (χ3v) is 6.95. The first-order valence-electron chi connectivity index (χ1n) is 11.1. The monoisotopic (exact) mass is 456 g/mol. The quantitative estimate of drug-likeness (QED) is 0.481. The second-order valence-corrected chi connectivity index (χ2v) is 9.28. The van der Waals surface area contributed by atoms with Crippen molar-refractivity contribution in [1.82, 2.24) is 4.90 Å². The maximum Gasteiger partial charge on any atom is 0.282 e. The predicted molar refractivity (Wildman–Crippen MR) is 132 cm³/mol. The molecule has 0 atom stereocenters. The molecule has 2 amide bonds. The summed E-state index contributed by atoms with van der Waals surface area (Å²) in [6.45, 7) is 7.23. The van der Waals surface area contributed by atoms with Crippen LogP contribution in [0.25, 0.3) is 5.57 Å². The second-order valence-electron chi connectivity index (χ2n) is 8.84. The number of halogens is 1. The van der Waals surface area contributed by atoms with Gasteiger partial charge in [-0.3, -0.25) is 9.59 Å². The van der Waals surface area contributed by atoms with E-state index in [9.17, 15) is 9.59 Å². The number of imide groups is 1. The van der Waals surface area contributed by atoms with Crippen molar-refractivity contribution in [3.63, 3.8) is 0 Å². The average Bonchev–Trinajstić information content (AvgIpc) is 3.07. The first-order chi connectivity index (χ1) is 15.8. The zero-order chi connectivity index (χ0) is 23.3. The molecule has 0 fully saturated rings. The van der Waals surface area contributed by atoms with Crippen LogP contribution >= 0.6 is 11.6 Å². The van der Waals surface area contributed by atoms with Gasteiger partial charge in [0.15, 0.2) is 0 Å². The number of carbonyl (C=O) groups excluding carboxylic acids is 2. The number of anilines is 1. The maximum absolute atomic E-state index is 13.9. The van der Waals surface area contributed by atoms with E-state index in [2.05, 4.69) is 17.0 Å². The predicted octanol–water partition coefficient (Wildman–Crippen LogP) is 5.61. The second kappa shape index (κ2) is 8.20. The number of aryl methyl sites for hydroxylation is 3. The van der Waals surface area contributed by atoms with Crippen molar-refractivity contribution in [2.45, 2.75) is 33.7 Å². The Morgan fingerprint density at radius 3 is 2.27 bits per heavy atom. The molecule has 0 radical (unpaired) electrons. The number of benzene rings is 3. The fraction of sp³-hybridized carbons (Fsp3) is 0.214. The fourth-order valence-electron chi connectivity index (χ4n) is 4.70. The molecule has 0 saturated heterocycles. The zero-order valence-electron chi connectivity index (χ0n) is 19.0. The van der Waals surface area contributed by atoms with Gasteiger partial charge in [-0.15, -0.1) is 0 Å². The van der Waals surface area contributed by atoms with Crippen molar-refractivity contribution in [2.24, 2.45) is 0 Å². The van der Waals surface area contributed by atoms with Gasteiger partial charge in [0.05, 0.1) is 11.3 Å². The van der Waals surface area contributed by atoms with E-state index in [0.717, 1.165) is 28.7 Å². The smallest absolute Gasteiger partial charge is 0.282 e. The van der Waals surface area contributed by atoms with Gasteiger partial charge in [0, 0.05) is 18.1 Å². The molecule has 4 nitrogen and oxygen atoms in total. The summed E-state index contributed by atoms with van der Waals surface area (Å²) in [5.41, 5.74) is 7.77. The third kappa shape index (κ3) is 3.65. The van der Waals surface area contributed by atoms with E-state index in [1.54, 1.807) is 12.1 Å². The zero-order valence-corrected chi connectivity index (χ0v) is 19.7. The Kier molecular flexibility index (Phi) is 5.34. The summed E-state index contributed by atoms with van der Waals surface area (Å²) in [5, 5.41) is 0.490. The van der Waals surface area contributed by atoms with Crippen LogP contribution in [-0.4, -0.2) is 23.3 Å². The highest BCUT2D eigenvalue weighted by Crippen LogP contribution is 2.38.